The molecule has 0 spiro atoms. The first kappa shape index (κ1) is 7.03. The van der Waals surface area contributed by atoms with Gasteiger partial charge in [-0.3, -0.25) is 0 Å². The van der Waals surface area contributed by atoms with Crippen molar-refractivity contribution in [3.8, 4) is 0 Å². The first-order chi connectivity index (χ1) is 3.00. The monoisotopic (exact) mass is 99.0 g/mol. The average molecular weight is 98.4 g/mol. The minimum absolute atomic E-state index is 0. The number of hydrogen-bond donors (Lipinski definition) is 0. The molecule has 0 aromatic heterocycles. The van der Waals surface area contributed by atoms with E-state index in [0.717, 1.165) is 23.1 Å². The van der Waals surface area contributed by atoms with Crippen LogP contribution in [0.5, 0.6) is 0 Å². The van der Waals surface area contributed by atoms with Gasteiger partial charge in [0.15, 0.2) is 0 Å². The van der Waals surface area contributed by atoms with E-state index in [9.17, 15) is 0 Å². The van der Waals surface area contributed by atoms with Crippen molar-refractivity contribution >= 4 is 23.1 Å². The first-order valence-corrected chi connectivity index (χ1v) is 1.41. The van der Waals surface area contributed by atoms with Gasteiger partial charge in [-0.05, 0) is 0 Å². The highest BCUT2D eigenvalue weighted by Crippen LogP contribution is 1.78. The zero-order valence-electron chi connectivity index (χ0n) is 3.46. The fraction of sp³-hybridized carbons (Fsp3) is 0. The van der Waals surface area contributed by atoms with Crippen LogP contribution in [0.2, 0.25) is 0 Å². The Kier molecular flexibility index (Phi) is 4.22. The zero-order valence-corrected chi connectivity index (χ0v) is 3.46. The SMILES string of the molecule is O.[B]1O[B]O[B]O1. The van der Waals surface area contributed by atoms with Crippen LogP contribution in [-0.2, 0) is 13.7 Å². The van der Waals surface area contributed by atoms with Crippen molar-refractivity contribution in [1.82, 2.24) is 0 Å². The van der Waals surface area contributed by atoms with Gasteiger partial charge in [0.25, 0.3) is 0 Å². The molecule has 0 bridgehead atoms. The maximum absolute atomic E-state index is 4.34. The molecule has 0 amide bonds. The summed E-state index contributed by atoms with van der Waals surface area (Å²) in [6.07, 6.45) is 0. The van der Waals surface area contributed by atoms with Crippen molar-refractivity contribution < 1.29 is 19.2 Å². The minimum atomic E-state index is 0. The van der Waals surface area contributed by atoms with Gasteiger partial charge in [0.1, 0.15) is 0 Å². The Morgan fingerprint density at radius 3 is 1.14 bits per heavy atom. The van der Waals surface area contributed by atoms with Crippen LogP contribution in [0.15, 0.2) is 0 Å². The van der Waals surface area contributed by atoms with Gasteiger partial charge in [-0.1, -0.05) is 0 Å². The van der Waals surface area contributed by atoms with Crippen LogP contribution >= 0.6 is 0 Å². The third-order valence-corrected chi connectivity index (χ3v) is 0.333. The van der Waals surface area contributed by atoms with Crippen LogP contribution in [0, 0.1) is 0 Å². The molecule has 0 unspecified atom stereocenters. The summed E-state index contributed by atoms with van der Waals surface area (Å²) in [5.41, 5.74) is 0. The Bertz CT molecular complexity index is 22.4. The standard InChI is InChI=1S/B3O3.H2O/c1-4-2-6-3-5-1;/h;1H2. The highest BCUT2D eigenvalue weighted by molar-refractivity contribution is 6.50. The molecule has 1 aliphatic heterocycles. The largest absolute Gasteiger partial charge is 0.457 e. The molecule has 1 fully saturated rings. The van der Waals surface area contributed by atoms with Crippen molar-refractivity contribution in [3.63, 3.8) is 0 Å². The maximum Gasteiger partial charge on any atom is 0.457 e. The molecule has 0 atom stereocenters. The van der Waals surface area contributed by atoms with E-state index in [1.807, 2.05) is 0 Å². The van der Waals surface area contributed by atoms with Crippen LogP contribution in [0.4, 0.5) is 0 Å². The Balaban J connectivity index is 0.000000360. The van der Waals surface area contributed by atoms with Crippen LogP contribution in [0.3, 0.4) is 0 Å². The van der Waals surface area contributed by atoms with E-state index in [0.29, 0.717) is 0 Å². The second kappa shape index (κ2) is 4.20. The van der Waals surface area contributed by atoms with E-state index in [-0.39, 0.29) is 5.48 Å². The molecule has 0 aromatic carbocycles. The highest BCUT2D eigenvalue weighted by atomic mass is 16.7. The van der Waals surface area contributed by atoms with E-state index in [4.69, 9.17) is 0 Å². The van der Waals surface area contributed by atoms with Gasteiger partial charge in [-0.15, -0.1) is 0 Å². The second-order valence-electron chi connectivity index (χ2n) is 0.697. The van der Waals surface area contributed by atoms with Crippen molar-refractivity contribution in [3.05, 3.63) is 0 Å². The molecule has 0 saturated carbocycles. The molecule has 1 rings (SSSR count). The average Bonchev–Trinajstić information content (AvgIpc) is 1.72. The third-order valence-electron chi connectivity index (χ3n) is 0.333. The molecular formula is H2B3O4. The van der Waals surface area contributed by atoms with E-state index >= 15 is 0 Å². The van der Waals surface area contributed by atoms with Crippen LogP contribution in [0.25, 0.3) is 0 Å². The van der Waals surface area contributed by atoms with Gasteiger partial charge in [0.2, 0.25) is 0 Å². The van der Waals surface area contributed by atoms with Gasteiger partial charge in [0, 0.05) is 0 Å². The molecule has 2 N–H and O–H groups in total. The lowest BCUT2D eigenvalue weighted by Crippen LogP contribution is -2.23. The van der Waals surface area contributed by atoms with Gasteiger partial charge in [-0.2, -0.15) is 0 Å². The van der Waals surface area contributed by atoms with Crippen LogP contribution in [-0.4, -0.2) is 28.5 Å². The lowest BCUT2D eigenvalue weighted by molar-refractivity contribution is 0.347. The maximum atomic E-state index is 4.34. The molecule has 7 heteroatoms. The Labute approximate surface area is 43.4 Å². The van der Waals surface area contributed by atoms with Crippen molar-refractivity contribution in [2.75, 3.05) is 0 Å². The fourth-order valence-electron chi connectivity index (χ4n) is 0.164. The quantitative estimate of drug-likeness (QED) is 0.324. The molecule has 1 heterocycles. The second-order valence-corrected chi connectivity index (χ2v) is 0.697. The van der Waals surface area contributed by atoms with E-state index in [2.05, 4.69) is 13.7 Å². The lowest BCUT2D eigenvalue weighted by Gasteiger charge is -2.05. The molecule has 1 saturated heterocycles. The highest BCUT2D eigenvalue weighted by Gasteiger charge is 2.05. The predicted octanol–water partition coefficient (Wildman–Crippen LogP) is -2.17. The molecule has 35 valence electrons. The molecule has 0 aromatic rings. The van der Waals surface area contributed by atoms with Gasteiger partial charge < -0.3 is 19.2 Å². The third kappa shape index (κ3) is 2.70. The topological polar surface area (TPSA) is 59.2 Å². The normalized spacial score (nSPS) is 17.1. The number of hydrogen-bond acceptors (Lipinski definition) is 3. The molecule has 4 nitrogen and oxygen atoms in total. The van der Waals surface area contributed by atoms with Crippen LogP contribution in [0.1, 0.15) is 0 Å². The Morgan fingerprint density at radius 2 is 1.00 bits per heavy atom. The molecule has 0 aliphatic carbocycles. The van der Waals surface area contributed by atoms with Gasteiger partial charge in [0.05, 0.1) is 0 Å². The summed E-state index contributed by atoms with van der Waals surface area (Å²) in [5, 5.41) is 0. The Morgan fingerprint density at radius 1 is 0.714 bits per heavy atom. The summed E-state index contributed by atoms with van der Waals surface area (Å²) < 4.78 is 13.0. The van der Waals surface area contributed by atoms with E-state index < -0.39 is 0 Å². The number of rotatable bonds is 0. The van der Waals surface area contributed by atoms with E-state index in [1.165, 1.54) is 0 Å². The van der Waals surface area contributed by atoms with E-state index in [1.54, 1.807) is 0 Å². The summed E-state index contributed by atoms with van der Waals surface area (Å²) in [7, 11) is 3.47. The lowest BCUT2D eigenvalue weighted by atomic mass is 10.1. The van der Waals surface area contributed by atoms with Crippen LogP contribution < -0.4 is 0 Å². The first-order valence-electron chi connectivity index (χ1n) is 1.41. The summed E-state index contributed by atoms with van der Waals surface area (Å²) in [6.45, 7) is 0. The molecule has 7 heavy (non-hydrogen) atoms. The Hall–Kier alpha value is 0.0348. The summed E-state index contributed by atoms with van der Waals surface area (Å²) in [5.74, 6) is 0. The van der Waals surface area contributed by atoms with Gasteiger partial charge >= 0.3 is 23.1 Å². The minimum Gasteiger partial charge on any atom is -0.457 e. The fourth-order valence-corrected chi connectivity index (χ4v) is 0.164. The van der Waals surface area contributed by atoms with Gasteiger partial charge in [-0.25, -0.2) is 0 Å². The molecular weight excluding hydrogens is 96.4 g/mol. The summed E-state index contributed by atoms with van der Waals surface area (Å²) in [6, 6.07) is 0. The van der Waals surface area contributed by atoms with Crippen molar-refractivity contribution in [1.29, 1.82) is 0 Å². The van der Waals surface area contributed by atoms with Crippen molar-refractivity contribution in [2.24, 2.45) is 0 Å². The summed E-state index contributed by atoms with van der Waals surface area (Å²) in [4.78, 5) is 0. The predicted molar refractivity (Wildman–Crippen MR) is 24.1 cm³/mol. The van der Waals surface area contributed by atoms with Crippen molar-refractivity contribution in [2.45, 2.75) is 0 Å². The molecule has 1 aliphatic rings. The molecule has 3 radical (unpaired) electrons. The smallest absolute Gasteiger partial charge is 0.457 e. The summed E-state index contributed by atoms with van der Waals surface area (Å²) >= 11 is 0. The zero-order chi connectivity index (χ0) is 4.24.